The summed E-state index contributed by atoms with van der Waals surface area (Å²) in [6.07, 6.45) is 0. The Labute approximate surface area is 129 Å². The lowest BCUT2D eigenvalue weighted by Gasteiger charge is -2.22. The lowest BCUT2D eigenvalue weighted by atomic mass is 10.1. The van der Waals surface area contributed by atoms with Crippen molar-refractivity contribution in [3.05, 3.63) is 59.7 Å². The van der Waals surface area contributed by atoms with Gasteiger partial charge in [0, 0.05) is 15.6 Å². The van der Waals surface area contributed by atoms with Gasteiger partial charge in [-0.25, -0.2) is 4.79 Å². The summed E-state index contributed by atoms with van der Waals surface area (Å²) in [4.78, 5) is 13.4. The zero-order valence-corrected chi connectivity index (χ0v) is 12.6. The van der Waals surface area contributed by atoms with Crippen molar-refractivity contribution in [3.63, 3.8) is 0 Å². The molecule has 1 aliphatic rings. The van der Waals surface area contributed by atoms with E-state index >= 15 is 0 Å². The van der Waals surface area contributed by atoms with E-state index in [1.54, 1.807) is 0 Å². The molecule has 3 rings (SSSR count). The van der Waals surface area contributed by atoms with Gasteiger partial charge in [0.25, 0.3) is 0 Å². The minimum Gasteiger partial charge on any atom is -0.351 e. The first-order valence-electron chi connectivity index (χ1n) is 5.95. The maximum Gasteiger partial charge on any atom is 0.323 e. The van der Waals surface area contributed by atoms with E-state index < -0.39 is 6.03 Å². The van der Waals surface area contributed by atoms with Crippen molar-refractivity contribution < 1.29 is 4.79 Å². The normalized spacial score (nSPS) is 13.6. The monoisotopic (exact) mass is 348 g/mol. The van der Waals surface area contributed by atoms with E-state index in [-0.39, 0.29) is 0 Å². The van der Waals surface area contributed by atoms with Crippen LogP contribution in [0.5, 0.6) is 0 Å². The molecule has 3 nitrogen and oxygen atoms in total. The van der Waals surface area contributed by atoms with E-state index in [0.29, 0.717) is 16.4 Å². The number of fused-ring (bicyclic) bond motifs is 2. The predicted octanol–water partition coefficient (Wildman–Crippen LogP) is 4.68. The molecule has 2 amide bonds. The summed E-state index contributed by atoms with van der Waals surface area (Å²) in [6, 6.07) is 14.3. The third-order valence-electron chi connectivity index (χ3n) is 3.18. The van der Waals surface area contributed by atoms with Gasteiger partial charge in [0.1, 0.15) is 0 Å². The SMILES string of the molecule is NC(=O)N1c2ccccc2C(Cl)=C(Br)c2ccccc21. The highest BCUT2D eigenvalue weighted by molar-refractivity contribution is 9.15. The predicted molar refractivity (Wildman–Crippen MR) is 86.2 cm³/mol. The van der Waals surface area contributed by atoms with Crippen LogP contribution in [-0.2, 0) is 0 Å². The lowest BCUT2D eigenvalue weighted by Crippen LogP contribution is -2.32. The summed E-state index contributed by atoms with van der Waals surface area (Å²) in [6.45, 7) is 0. The van der Waals surface area contributed by atoms with Gasteiger partial charge in [0.05, 0.1) is 16.4 Å². The summed E-state index contributed by atoms with van der Waals surface area (Å²) in [5.74, 6) is 0. The molecule has 0 unspecified atom stereocenters. The zero-order valence-electron chi connectivity index (χ0n) is 10.3. The Morgan fingerprint density at radius 1 is 1.00 bits per heavy atom. The minimum absolute atomic E-state index is 0.545. The summed E-state index contributed by atoms with van der Waals surface area (Å²) < 4.78 is 0.742. The number of hydrogen-bond donors (Lipinski definition) is 1. The number of anilines is 2. The van der Waals surface area contributed by atoms with Gasteiger partial charge in [0.15, 0.2) is 0 Å². The summed E-state index contributed by atoms with van der Waals surface area (Å²) >= 11 is 9.97. The Bertz CT molecular complexity index is 687. The number of nitrogens with zero attached hydrogens (tertiary/aromatic N) is 1. The fourth-order valence-electron chi connectivity index (χ4n) is 2.31. The van der Waals surface area contributed by atoms with E-state index in [1.165, 1.54) is 4.90 Å². The topological polar surface area (TPSA) is 46.3 Å². The molecule has 2 aromatic carbocycles. The number of carbonyl (C=O) groups excluding carboxylic acids is 1. The highest BCUT2D eigenvalue weighted by Crippen LogP contribution is 2.46. The number of nitrogens with two attached hydrogens (primary N) is 1. The molecule has 1 aliphatic heterocycles. The van der Waals surface area contributed by atoms with Gasteiger partial charge in [-0.1, -0.05) is 48.0 Å². The van der Waals surface area contributed by atoms with Crippen LogP contribution in [0.15, 0.2) is 48.5 Å². The number of benzene rings is 2. The second-order valence-electron chi connectivity index (χ2n) is 4.34. The molecule has 0 spiro atoms. The second-order valence-corrected chi connectivity index (χ2v) is 5.51. The molecule has 0 bridgehead atoms. The lowest BCUT2D eigenvalue weighted by molar-refractivity contribution is 0.256. The van der Waals surface area contributed by atoms with Gasteiger partial charge in [-0.2, -0.15) is 0 Å². The highest BCUT2D eigenvalue weighted by atomic mass is 79.9. The van der Waals surface area contributed by atoms with Crippen LogP contribution in [0.2, 0.25) is 0 Å². The van der Waals surface area contributed by atoms with E-state index in [9.17, 15) is 4.79 Å². The van der Waals surface area contributed by atoms with Crippen LogP contribution >= 0.6 is 27.5 Å². The van der Waals surface area contributed by atoms with Gasteiger partial charge < -0.3 is 5.73 Å². The number of amides is 2. The van der Waals surface area contributed by atoms with Gasteiger partial charge in [-0.3, -0.25) is 4.90 Å². The summed E-state index contributed by atoms with van der Waals surface area (Å²) in [7, 11) is 0. The van der Waals surface area contributed by atoms with Crippen molar-refractivity contribution in [1.29, 1.82) is 0 Å². The molecule has 0 aromatic heterocycles. The van der Waals surface area contributed by atoms with Crippen LogP contribution in [0.1, 0.15) is 11.1 Å². The number of halogens is 2. The van der Waals surface area contributed by atoms with Crippen LogP contribution in [0, 0.1) is 0 Å². The Kier molecular flexibility index (Phi) is 3.28. The van der Waals surface area contributed by atoms with Crippen LogP contribution in [0.25, 0.3) is 9.51 Å². The number of carbonyl (C=O) groups is 1. The van der Waals surface area contributed by atoms with E-state index in [4.69, 9.17) is 17.3 Å². The van der Waals surface area contributed by atoms with E-state index in [1.807, 2.05) is 48.5 Å². The van der Waals surface area contributed by atoms with Crippen LogP contribution in [0.3, 0.4) is 0 Å². The Morgan fingerprint density at radius 3 is 2.10 bits per heavy atom. The van der Waals surface area contributed by atoms with Crippen molar-refractivity contribution in [2.75, 3.05) is 4.90 Å². The largest absolute Gasteiger partial charge is 0.351 e. The molecule has 0 fully saturated rings. The molecule has 0 aliphatic carbocycles. The standard InChI is InChI=1S/C15H10BrClN2O/c16-13-9-5-1-3-7-11(9)19(15(18)20)12-8-4-2-6-10(12)14(13)17/h1-8H,(H2,18,20). The molecular formula is C15H10BrClN2O. The van der Waals surface area contributed by atoms with Crippen molar-refractivity contribution in [2.45, 2.75) is 0 Å². The summed E-state index contributed by atoms with van der Waals surface area (Å²) in [5.41, 5.74) is 8.53. The number of hydrogen-bond acceptors (Lipinski definition) is 1. The van der Waals surface area contributed by atoms with Crippen molar-refractivity contribution in [3.8, 4) is 0 Å². The minimum atomic E-state index is -0.545. The molecule has 0 radical (unpaired) electrons. The Morgan fingerprint density at radius 2 is 1.50 bits per heavy atom. The third kappa shape index (κ3) is 1.92. The quantitative estimate of drug-likeness (QED) is 0.737. The first-order chi connectivity index (χ1) is 9.61. The second kappa shape index (κ2) is 4.96. The average Bonchev–Trinajstić information content (AvgIpc) is 2.55. The first kappa shape index (κ1) is 13.2. The number of urea groups is 1. The van der Waals surface area contributed by atoms with E-state index in [2.05, 4.69) is 15.9 Å². The molecule has 0 saturated carbocycles. The Balaban J connectivity index is 2.42. The smallest absolute Gasteiger partial charge is 0.323 e. The maximum atomic E-state index is 11.9. The number of rotatable bonds is 0. The first-order valence-corrected chi connectivity index (χ1v) is 7.12. The zero-order chi connectivity index (χ0) is 14.3. The number of primary amides is 1. The van der Waals surface area contributed by atoms with Crippen LogP contribution in [-0.4, -0.2) is 6.03 Å². The molecule has 5 heteroatoms. The van der Waals surface area contributed by atoms with Gasteiger partial charge >= 0.3 is 6.03 Å². The van der Waals surface area contributed by atoms with Gasteiger partial charge in [-0.15, -0.1) is 0 Å². The summed E-state index contributed by atoms with van der Waals surface area (Å²) in [5, 5.41) is 0.553. The van der Waals surface area contributed by atoms with Crippen molar-refractivity contribution >= 4 is 54.5 Å². The Hall–Kier alpha value is -1.78. The fraction of sp³-hybridized carbons (Fsp3) is 0. The fourth-order valence-corrected chi connectivity index (χ4v) is 3.12. The maximum absolute atomic E-state index is 11.9. The van der Waals surface area contributed by atoms with Crippen LogP contribution < -0.4 is 10.6 Å². The van der Waals surface area contributed by atoms with E-state index in [0.717, 1.165) is 15.6 Å². The molecule has 100 valence electrons. The molecule has 0 saturated heterocycles. The van der Waals surface area contributed by atoms with Gasteiger partial charge in [-0.05, 0) is 28.1 Å². The molecule has 2 N–H and O–H groups in total. The van der Waals surface area contributed by atoms with Gasteiger partial charge in [0.2, 0.25) is 0 Å². The van der Waals surface area contributed by atoms with Crippen LogP contribution in [0.4, 0.5) is 16.2 Å². The highest BCUT2D eigenvalue weighted by Gasteiger charge is 2.27. The van der Waals surface area contributed by atoms with Crippen molar-refractivity contribution in [1.82, 2.24) is 0 Å². The average molecular weight is 350 g/mol. The molecule has 1 heterocycles. The van der Waals surface area contributed by atoms with Crippen molar-refractivity contribution in [2.24, 2.45) is 5.73 Å². The third-order valence-corrected chi connectivity index (χ3v) is 4.62. The molecule has 0 atom stereocenters. The number of para-hydroxylation sites is 2. The molecule has 2 aromatic rings. The molecule has 20 heavy (non-hydrogen) atoms. The molecular weight excluding hydrogens is 340 g/mol.